The summed E-state index contributed by atoms with van der Waals surface area (Å²) in [5.41, 5.74) is 0. The van der Waals surface area contributed by atoms with E-state index in [1.54, 1.807) is 0 Å². The van der Waals surface area contributed by atoms with Gasteiger partial charge in [0.15, 0.2) is 0 Å². The van der Waals surface area contributed by atoms with Crippen LogP contribution in [0, 0.1) is 10.1 Å². The van der Waals surface area contributed by atoms with Crippen molar-refractivity contribution in [1.82, 2.24) is 0 Å². The molecule has 0 aromatic heterocycles. The first kappa shape index (κ1) is 13.2. The maximum absolute atomic E-state index is 10.8. The van der Waals surface area contributed by atoms with Gasteiger partial charge >= 0.3 is 102 Å². The SMILES string of the molecule is CCCCC(C[Se]c1ccccc1)[N+](=O)[O-]. The van der Waals surface area contributed by atoms with E-state index in [1.165, 1.54) is 4.46 Å². The Morgan fingerprint density at radius 2 is 2.06 bits per heavy atom. The van der Waals surface area contributed by atoms with Gasteiger partial charge in [-0.25, -0.2) is 0 Å². The second-order valence-corrected chi connectivity index (χ2v) is 6.00. The Labute approximate surface area is 103 Å². The molecule has 1 aromatic rings. The van der Waals surface area contributed by atoms with Crippen LogP contribution in [0.5, 0.6) is 0 Å². The number of benzene rings is 1. The molecule has 0 aliphatic rings. The molecular weight excluding hydrogens is 269 g/mol. The first-order valence-corrected chi connectivity index (χ1v) is 7.62. The molecular formula is C12H17NO2Se. The van der Waals surface area contributed by atoms with E-state index in [2.05, 4.69) is 19.1 Å². The average molecular weight is 286 g/mol. The van der Waals surface area contributed by atoms with Gasteiger partial charge in [-0.1, -0.05) is 0 Å². The van der Waals surface area contributed by atoms with E-state index in [0.717, 1.165) is 19.3 Å². The second kappa shape index (κ2) is 7.42. The molecule has 0 aliphatic heterocycles. The van der Waals surface area contributed by atoms with Gasteiger partial charge in [-0.3, -0.25) is 0 Å². The van der Waals surface area contributed by atoms with Crippen LogP contribution in [0.4, 0.5) is 0 Å². The van der Waals surface area contributed by atoms with Crippen LogP contribution in [0.1, 0.15) is 26.2 Å². The van der Waals surface area contributed by atoms with Crippen molar-refractivity contribution >= 4 is 19.4 Å². The molecule has 16 heavy (non-hydrogen) atoms. The number of nitrogens with zero attached hydrogens (tertiary/aromatic N) is 1. The first-order valence-electron chi connectivity index (χ1n) is 5.55. The molecule has 1 unspecified atom stereocenters. The van der Waals surface area contributed by atoms with Crippen LogP contribution in [0.25, 0.3) is 0 Å². The summed E-state index contributed by atoms with van der Waals surface area (Å²) < 4.78 is 1.25. The van der Waals surface area contributed by atoms with Crippen LogP contribution in [0.2, 0.25) is 5.32 Å². The topological polar surface area (TPSA) is 43.1 Å². The summed E-state index contributed by atoms with van der Waals surface area (Å²) in [4.78, 5) is 10.7. The molecule has 0 bridgehead atoms. The molecule has 1 aromatic carbocycles. The number of rotatable bonds is 7. The monoisotopic (exact) mass is 287 g/mol. The van der Waals surface area contributed by atoms with E-state index in [1.807, 2.05) is 18.2 Å². The predicted molar refractivity (Wildman–Crippen MR) is 66.9 cm³/mol. The van der Waals surface area contributed by atoms with Gasteiger partial charge in [0.05, 0.1) is 0 Å². The fourth-order valence-electron chi connectivity index (χ4n) is 1.40. The summed E-state index contributed by atoms with van der Waals surface area (Å²) in [7, 11) is 0. The second-order valence-electron chi connectivity index (χ2n) is 3.71. The molecule has 0 aliphatic carbocycles. The minimum atomic E-state index is -0.347. The minimum absolute atomic E-state index is 0.111. The number of hydrogen-bond acceptors (Lipinski definition) is 2. The molecule has 1 atom stereocenters. The van der Waals surface area contributed by atoms with Crippen molar-refractivity contribution in [3.63, 3.8) is 0 Å². The van der Waals surface area contributed by atoms with Crippen molar-refractivity contribution < 1.29 is 4.92 Å². The van der Waals surface area contributed by atoms with Crippen molar-refractivity contribution in [1.29, 1.82) is 0 Å². The van der Waals surface area contributed by atoms with Crippen molar-refractivity contribution in [2.24, 2.45) is 0 Å². The molecule has 3 nitrogen and oxygen atoms in total. The van der Waals surface area contributed by atoms with E-state index in [-0.39, 0.29) is 25.9 Å². The van der Waals surface area contributed by atoms with E-state index < -0.39 is 0 Å². The third kappa shape index (κ3) is 4.77. The average Bonchev–Trinajstić information content (AvgIpc) is 2.30. The van der Waals surface area contributed by atoms with E-state index in [4.69, 9.17) is 0 Å². The van der Waals surface area contributed by atoms with Gasteiger partial charge in [0.25, 0.3) is 0 Å². The summed E-state index contributed by atoms with van der Waals surface area (Å²) in [5.74, 6) is 0. The Bertz CT molecular complexity index is 316. The zero-order valence-electron chi connectivity index (χ0n) is 9.46. The third-order valence-electron chi connectivity index (χ3n) is 2.37. The molecule has 88 valence electrons. The van der Waals surface area contributed by atoms with Gasteiger partial charge in [0.2, 0.25) is 0 Å². The van der Waals surface area contributed by atoms with Gasteiger partial charge in [-0.15, -0.1) is 0 Å². The van der Waals surface area contributed by atoms with Gasteiger partial charge in [-0.05, 0) is 0 Å². The Morgan fingerprint density at radius 1 is 1.38 bits per heavy atom. The van der Waals surface area contributed by atoms with Crippen LogP contribution in [0.15, 0.2) is 30.3 Å². The van der Waals surface area contributed by atoms with Crippen LogP contribution in [-0.2, 0) is 0 Å². The summed E-state index contributed by atoms with van der Waals surface area (Å²) >= 11 is 0.229. The van der Waals surface area contributed by atoms with Crippen LogP contribution in [0.3, 0.4) is 0 Å². The summed E-state index contributed by atoms with van der Waals surface area (Å²) in [6.07, 6.45) is 2.71. The van der Waals surface area contributed by atoms with Gasteiger partial charge in [0, 0.05) is 0 Å². The Balaban J connectivity index is 2.41. The molecule has 0 saturated heterocycles. The van der Waals surface area contributed by atoms with E-state index in [0.29, 0.717) is 5.32 Å². The molecule has 0 amide bonds. The normalized spacial score (nSPS) is 12.3. The van der Waals surface area contributed by atoms with Crippen LogP contribution < -0.4 is 4.46 Å². The van der Waals surface area contributed by atoms with E-state index in [9.17, 15) is 10.1 Å². The van der Waals surface area contributed by atoms with Crippen molar-refractivity contribution in [3.8, 4) is 0 Å². The summed E-state index contributed by atoms with van der Waals surface area (Å²) in [6, 6.07) is 9.71. The molecule has 0 N–H and O–H groups in total. The molecule has 0 fully saturated rings. The molecule has 0 spiro atoms. The quantitative estimate of drug-likeness (QED) is 0.438. The van der Waals surface area contributed by atoms with E-state index >= 15 is 0 Å². The number of unbranched alkanes of at least 4 members (excludes halogenated alkanes) is 1. The fourth-order valence-corrected chi connectivity index (χ4v) is 3.54. The molecule has 0 radical (unpaired) electrons. The van der Waals surface area contributed by atoms with Crippen LogP contribution >= 0.6 is 0 Å². The number of nitro groups is 1. The first-order chi connectivity index (χ1) is 7.74. The Hall–Kier alpha value is -0.861. The van der Waals surface area contributed by atoms with Crippen LogP contribution in [-0.4, -0.2) is 25.9 Å². The van der Waals surface area contributed by atoms with Crippen molar-refractivity contribution in [2.45, 2.75) is 37.5 Å². The predicted octanol–water partition coefficient (Wildman–Crippen LogP) is 2.27. The standard InChI is InChI=1S/C12H17NO2Se/c1-2-3-7-11(13(14)15)10-16-12-8-5-4-6-9-12/h4-6,8-9,11H,2-3,7,10H2,1H3. The maximum atomic E-state index is 10.8. The number of hydrogen-bond donors (Lipinski definition) is 0. The molecule has 4 heteroatoms. The zero-order valence-corrected chi connectivity index (χ0v) is 11.2. The third-order valence-corrected chi connectivity index (χ3v) is 4.80. The van der Waals surface area contributed by atoms with Gasteiger partial charge in [0.1, 0.15) is 0 Å². The van der Waals surface area contributed by atoms with Gasteiger partial charge in [-0.2, -0.15) is 0 Å². The summed E-state index contributed by atoms with van der Waals surface area (Å²) in [6.45, 7) is 2.07. The zero-order chi connectivity index (χ0) is 11.8. The Morgan fingerprint density at radius 3 is 2.62 bits per heavy atom. The summed E-state index contributed by atoms with van der Waals surface area (Å²) in [5, 5.41) is 11.6. The molecule has 1 rings (SSSR count). The van der Waals surface area contributed by atoms with Gasteiger partial charge < -0.3 is 0 Å². The van der Waals surface area contributed by atoms with Crippen molar-refractivity contribution in [2.75, 3.05) is 0 Å². The molecule has 0 saturated carbocycles. The van der Waals surface area contributed by atoms with Crippen molar-refractivity contribution in [3.05, 3.63) is 40.4 Å². The Kier molecular flexibility index (Phi) is 6.12. The fraction of sp³-hybridized carbons (Fsp3) is 0.500. The molecule has 0 heterocycles.